The predicted octanol–water partition coefficient (Wildman–Crippen LogP) is -0.260. The van der Waals surface area contributed by atoms with Crippen molar-refractivity contribution in [2.45, 2.75) is 13.0 Å². The Kier molecular flexibility index (Phi) is 6.08. The molecule has 0 saturated carbocycles. The molecule has 0 saturated heterocycles. The fourth-order valence-electron chi connectivity index (χ4n) is 1.62. The quantitative estimate of drug-likeness (QED) is 0.507. The first-order chi connectivity index (χ1) is 8.88. The molecule has 0 aromatic carbocycles. The number of imidazole rings is 1. The van der Waals surface area contributed by atoms with Crippen molar-refractivity contribution in [3.8, 4) is 0 Å². The molecular formula is C9H14N5NaO4P. The summed E-state index contributed by atoms with van der Waals surface area (Å²) in [7, 11) is -4.15. The molecular weight excluding hydrogens is 296 g/mol. The van der Waals surface area contributed by atoms with E-state index < -0.39 is 13.9 Å². The van der Waals surface area contributed by atoms with Crippen LogP contribution in [0.25, 0.3) is 11.2 Å². The Bertz CT molecular complexity index is 630. The number of fused-ring (bicyclic) bond motifs is 1. The molecule has 2 heterocycles. The number of nitrogens with two attached hydrogens (primary N) is 1. The van der Waals surface area contributed by atoms with Crippen LogP contribution < -0.4 is 5.73 Å². The van der Waals surface area contributed by atoms with Crippen LogP contribution in [0.15, 0.2) is 12.7 Å². The molecule has 0 bridgehead atoms. The molecule has 9 nitrogen and oxygen atoms in total. The van der Waals surface area contributed by atoms with Gasteiger partial charge in [-0.1, -0.05) is 0 Å². The van der Waals surface area contributed by atoms with E-state index in [0.717, 1.165) is 0 Å². The number of nitrogen functional groups attached to an aromatic ring is 1. The third-order valence-electron chi connectivity index (χ3n) is 2.48. The summed E-state index contributed by atoms with van der Waals surface area (Å²) in [6.07, 6.45) is 2.27. The topological polar surface area (TPSA) is 136 Å². The third kappa shape index (κ3) is 4.23. The second kappa shape index (κ2) is 6.95. The third-order valence-corrected chi connectivity index (χ3v) is 3.00. The molecule has 2 aromatic heterocycles. The zero-order valence-corrected chi connectivity index (χ0v) is 14.1. The van der Waals surface area contributed by atoms with Crippen LogP contribution in [0, 0.1) is 0 Å². The van der Waals surface area contributed by atoms with Crippen molar-refractivity contribution in [3.63, 3.8) is 0 Å². The molecule has 1 radical (unpaired) electrons. The molecule has 2 aromatic rings. The number of ether oxygens (including phenoxy) is 1. The number of hydrogen-bond donors (Lipinski definition) is 3. The maximum Gasteiger partial charge on any atom is 0.350 e. The predicted molar refractivity (Wildman–Crippen MR) is 73.1 cm³/mol. The smallest absolute Gasteiger partial charge is 0.350 e. The van der Waals surface area contributed by atoms with E-state index >= 15 is 0 Å². The first kappa shape index (κ1) is 17.5. The summed E-state index contributed by atoms with van der Waals surface area (Å²) in [5, 5.41) is 0. The Balaban J connectivity index is 0.00000200. The van der Waals surface area contributed by atoms with Gasteiger partial charge in [-0.15, -0.1) is 0 Å². The van der Waals surface area contributed by atoms with Crippen molar-refractivity contribution in [1.29, 1.82) is 0 Å². The van der Waals surface area contributed by atoms with Gasteiger partial charge >= 0.3 is 7.60 Å². The van der Waals surface area contributed by atoms with Gasteiger partial charge in [-0.05, 0) is 6.92 Å². The minimum absolute atomic E-state index is 0. The van der Waals surface area contributed by atoms with E-state index in [2.05, 4.69) is 15.0 Å². The second-order valence-electron chi connectivity index (χ2n) is 4.10. The van der Waals surface area contributed by atoms with Crippen LogP contribution >= 0.6 is 7.60 Å². The Morgan fingerprint density at radius 1 is 1.45 bits per heavy atom. The first-order valence-electron chi connectivity index (χ1n) is 5.44. The molecule has 2 rings (SSSR count). The summed E-state index contributed by atoms with van der Waals surface area (Å²) in [5.74, 6) is 0.284. The van der Waals surface area contributed by atoms with E-state index in [1.807, 2.05) is 6.92 Å². The zero-order valence-electron chi connectivity index (χ0n) is 11.2. The molecule has 0 fully saturated rings. The van der Waals surface area contributed by atoms with Crippen LogP contribution in [0.4, 0.5) is 5.82 Å². The van der Waals surface area contributed by atoms with Crippen molar-refractivity contribution < 1.29 is 19.1 Å². The summed E-state index contributed by atoms with van der Waals surface area (Å²) in [5.41, 5.74) is 6.71. The van der Waals surface area contributed by atoms with Crippen molar-refractivity contribution in [2.24, 2.45) is 0 Å². The molecule has 0 aliphatic carbocycles. The van der Waals surface area contributed by atoms with Crippen LogP contribution in [-0.2, 0) is 9.30 Å². The number of rotatable bonds is 5. The SMILES string of the molecule is C[C@H](COCP(=O)(O)O)n1cnc2c(N)ncnc21.[Na]. The Morgan fingerprint density at radius 3 is 2.80 bits per heavy atom. The first-order valence-corrected chi connectivity index (χ1v) is 7.23. The molecule has 0 aliphatic rings. The van der Waals surface area contributed by atoms with Crippen molar-refractivity contribution in [1.82, 2.24) is 19.5 Å². The monoisotopic (exact) mass is 310 g/mol. The zero-order chi connectivity index (χ0) is 14.0. The van der Waals surface area contributed by atoms with Crippen LogP contribution in [0.1, 0.15) is 13.0 Å². The van der Waals surface area contributed by atoms with E-state index in [1.165, 1.54) is 6.33 Å². The van der Waals surface area contributed by atoms with E-state index in [-0.39, 0.29) is 48.0 Å². The molecule has 4 N–H and O–H groups in total. The Morgan fingerprint density at radius 2 is 2.15 bits per heavy atom. The molecule has 105 valence electrons. The summed E-state index contributed by atoms with van der Waals surface area (Å²) in [6, 6.07) is -0.189. The average Bonchev–Trinajstić information content (AvgIpc) is 2.72. The second-order valence-corrected chi connectivity index (χ2v) is 5.68. The molecule has 0 aliphatic heterocycles. The van der Waals surface area contributed by atoms with Crippen LogP contribution in [0.2, 0.25) is 0 Å². The van der Waals surface area contributed by atoms with Crippen LogP contribution in [-0.4, -0.2) is 71.8 Å². The number of aromatic nitrogens is 4. The van der Waals surface area contributed by atoms with Crippen molar-refractivity contribution >= 4 is 54.1 Å². The maximum atomic E-state index is 10.7. The van der Waals surface area contributed by atoms with Gasteiger partial charge in [-0.3, -0.25) is 4.57 Å². The van der Waals surface area contributed by atoms with E-state index in [0.29, 0.717) is 11.2 Å². The van der Waals surface area contributed by atoms with Gasteiger partial charge < -0.3 is 24.8 Å². The largest absolute Gasteiger partial charge is 0.382 e. The van der Waals surface area contributed by atoms with Gasteiger partial charge in [0.25, 0.3) is 0 Å². The van der Waals surface area contributed by atoms with Gasteiger partial charge in [-0.2, -0.15) is 0 Å². The van der Waals surface area contributed by atoms with Gasteiger partial charge in [-0.25, -0.2) is 15.0 Å². The van der Waals surface area contributed by atoms with Gasteiger partial charge in [0.05, 0.1) is 19.0 Å². The summed E-state index contributed by atoms with van der Waals surface area (Å²) < 4.78 is 17.4. The van der Waals surface area contributed by atoms with E-state index in [4.69, 9.17) is 20.3 Å². The standard InChI is InChI=1S/C9H14N5O4P.Na/c1-6(2-18-5-19(15,16)17)14-4-13-7-8(10)11-3-12-9(7)14;/h3-4,6H,2,5H2,1H3,(H2,10,11,12)(H2,15,16,17);/t6-;/m1./s1. The minimum atomic E-state index is -4.15. The van der Waals surface area contributed by atoms with Crippen LogP contribution in [0.5, 0.6) is 0 Å². The van der Waals surface area contributed by atoms with E-state index in [1.54, 1.807) is 10.9 Å². The van der Waals surface area contributed by atoms with Gasteiger partial charge in [0, 0.05) is 29.6 Å². The number of hydrogen-bond acceptors (Lipinski definition) is 6. The normalized spacial score (nSPS) is 13.2. The maximum absolute atomic E-state index is 10.7. The molecule has 0 unspecified atom stereocenters. The average molecular weight is 310 g/mol. The van der Waals surface area contributed by atoms with Crippen LogP contribution in [0.3, 0.4) is 0 Å². The summed E-state index contributed by atoms with van der Waals surface area (Å²) in [4.78, 5) is 29.4. The van der Waals surface area contributed by atoms with Crippen molar-refractivity contribution in [2.75, 3.05) is 18.7 Å². The molecule has 0 amide bonds. The minimum Gasteiger partial charge on any atom is -0.382 e. The van der Waals surface area contributed by atoms with Crippen molar-refractivity contribution in [3.05, 3.63) is 12.7 Å². The number of anilines is 1. The fraction of sp³-hybridized carbons (Fsp3) is 0.444. The summed E-state index contributed by atoms with van der Waals surface area (Å²) in [6.45, 7) is 1.94. The fourth-order valence-corrected chi connectivity index (χ4v) is 1.96. The van der Waals surface area contributed by atoms with Gasteiger partial charge in [0.1, 0.15) is 18.2 Å². The van der Waals surface area contributed by atoms with Gasteiger partial charge in [0.2, 0.25) is 0 Å². The van der Waals surface area contributed by atoms with Gasteiger partial charge in [0.15, 0.2) is 11.5 Å². The molecule has 1 atom stereocenters. The number of nitrogens with zero attached hydrogens (tertiary/aromatic N) is 4. The molecule has 20 heavy (non-hydrogen) atoms. The Labute approximate surface area is 137 Å². The Hall–Kier alpha value is -0.540. The summed E-state index contributed by atoms with van der Waals surface area (Å²) >= 11 is 0. The molecule has 11 heteroatoms. The van der Waals surface area contributed by atoms with E-state index in [9.17, 15) is 4.57 Å². The molecule has 0 spiro atoms.